The molecule has 2 aromatic heterocycles. The van der Waals surface area contributed by atoms with E-state index in [0.717, 1.165) is 52.1 Å². The van der Waals surface area contributed by atoms with Crippen LogP contribution >= 0.6 is 11.6 Å². The number of anilines is 7. The third-order valence-corrected chi connectivity index (χ3v) is 7.33. The molecule has 0 spiro atoms. The smallest absolute Gasteiger partial charge is 0.233 e. The molecule has 4 N–H and O–H groups in total. The van der Waals surface area contributed by atoms with Crippen molar-refractivity contribution in [3.05, 3.63) is 89.6 Å². The number of hydrogen-bond acceptors (Lipinski definition) is 8. The molecule has 8 nitrogen and oxygen atoms in total. The van der Waals surface area contributed by atoms with Crippen LogP contribution in [0.5, 0.6) is 0 Å². The maximum absolute atomic E-state index is 6.14. The third kappa shape index (κ3) is 6.24. The number of hydrogen-bond donors (Lipinski definition) is 4. The fourth-order valence-corrected chi connectivity index (χ4v) is 5.13. The number of para-hydroxylation sites is 1. The largest absolute Gasteiger partial charge is 0.355 e. The van der Waals surface area contributed by atoms with Crippen LogP contribution in [0.15, 0.2) is 79.0 Å². The van der Waals surface area contributed by atoms with Crippen LogP contribution in [0.3, 0.4) is 0 Å². The van der Waals surface area contributed by atoms with Gasteiger partial charge in [0, 0.05) is 45.4 Å². The first kappa shape index (κ1) is 25.8. The number of fused-ring (bicyclic) bond motifs is 1. The molecule has 0 saturated heterocycles. The first-order chi connectivity index (χ1) is 19.6. The Morgan fingerprint density at radius 3 is 2.17 bits per heavy atom. The Hall–Kier alpha value is -4.43. The first-order valence-electron chi connectivity index (χ1n) is 13.6. The number of halogens is 1. The molecule has 0 aliphatic heterocycles. The number of aromatic nitrogens is 4. The average Bonchev–Trinajstić information content (AvgIpc) is 2.96. The summed E-state index contributed by atoms with van der Waals surface area (Å²) < 4.78 is 0. The predicted molar refractivity (Wildman–Crippen MR) is 165 cm³/mol. The van der Waals surface area contributed by atoms with Gasteiger partial charge in [-0.05, 0) is 79.9 Å². The third-order valence-electron chi connectivity index (χ3n) is 7.09. The van der Waals surface area contributed by atoms with Gasteiger partial charge in [0.15, 0.2) is 0 Å². The summed E-state index contributed by atoms with van der Waals surface area (Å²) in [6.45, 7) is 2.06. The van der Waals surface area contributed by atoms with E-state index < -0.39 is 0 Å². The second-order valence-corrected chi connectivity index (χ2v) is 10.5. The van der Waals surface area contributed by atoms with E-state index in [0.29, 0.717) is 28.9 Å². The van der Waals surface area contributed by atoms with Gasteiger partial charge in [0.2, 0.25) is 17.8 Å². The molecule has 0 radical (unpaired) electrons. The van der Waals surface area contributed by atoms with Crippen molar-refractivity contribution in [2.75, 3.05) is 21.3 Å². The van der Waals surface area contributed by atoms with E-state index >= 15 is 0 Å². The minimum absolute atomic E-state index is 0.376. The van der Waals surface area contributed by atoms with Crippen LogP contribution < -0.4 is 21.3 Å². The molecule has 6 rings (SSSR count). The molecule has 9 heteroatoms. The van der Waals surface area contributed by atoms with Crippen LogP contribution in [-0.4, -0.2) is 26.0 Å². The van der Waals surface area contributed by atoms with E-state index in [4.69, 9.17) is 16.6 Å². The second kappa shape index (κ2) is 11.8. The molecule has 2 heterocycles. The Balaban J connectivity index is 1.22. The SMILES string of the molecule is Cc1ccccc1Nc1nc(Nc2ccc(Nc3ccnc4cc(Cl)ccc34)cc2)nc(NC2CCCCC2)n1. The monoisotopic (exact) mass is 550 g/mol. The van der Waals surface area contributed by atoms with Crippen molar-refractivity contribution in [1.82, 2.24) is 19.9 Å². The number of nitrogens with zero attached hydrogens (tertiary/aromatic N) is 4. The zero-order valence-electron chi connectivity index (χ0n) is 22.3. The Kier molecular flexibility index (Phi) is 7.59. The topological polar surface area (TPSA) is 99.7 Å². The van der Waals surface area contributed by atoms with Crippen molar-refractivity contribution in [2.45, 2.75) is 45.1 Å². The highest BCUT2D eigenvalue weighted by atomic mass is 35.5. The molecule has 1 aliphatic rings. The molecular formula is C31H31ClN8. The highest BCUT2D eigenvalue weighted by Gasteiger charge is 2.16. The van der Waals surface area contributed by atoms with Crippen LogP contribution in [0, 0.1) is 6.92 Å². The molecule has 5 aromatic rings. The minimum Gasteiger partial charge on any atom is -0.355 e. The molecule has 202 valence electrons. The lowest BCUT2D eigenvalue weighted by Gasteiger charge is -2.23. The number of pyridine rings is 1. The standard InChI is InChI=1S/C31H31ClN8/c1-20-7-5-6-10-26(20)37-31-39-29(35-22-8-3-2-4-9-22)38-30(40-31)36-24-14-12-23(13-15-24)34-27-17-18-33-28-19-21(32)11-16-25(27)28/h5-7,10-19,22H,2-4,8-9H2,1H3,(H,33,34)(H3,35,36,37,38,39,40). The lowest BCUT2D eigenvalue weighted by molar-refractivity contribution is 0.461. The summed E-state index contributed by atoms with van der Waals surface area (Å²) in [5.41, 5.74) is 5.71. The van der Waals surface area contributed by atoms with Crippen LogP contribution in [-0.2, 0) is 0 Å². The fourth-order valence-electron chi connectivity index (χ4n) is 4.97. The van der Waals surface area contributed by atoms with E-state index in [1.54, 1.807) is 6.20 Å². The van der Waals surface area contributed by atoms with Crippen LogP contribution in [0.25, 0.3) is 10.9 Å². The van der Waals surface area contributed by atoms with Crippen molar-refractivity contribution in [1.29, 1.82) is 0 Å². The Labute approximate surface area is 238 Å². The van der Waals surface area contributed by atoms with Gasteiger partial charge in [0.1, 0.15) is 0 Å². The van der Waals surface area contributed by atoms with Crippen molar-refractivity contribution in [2.24, 2.45) is 0 Å². The van der Waals surface area contributed by atoms with Gasteiger partial charge < -0.3 is 21.3 Å². The summed E-state index contributed by atoms with van der Waals surface area (Å²) >= 11 is 6.14. The summed E-state index contributed by atoms with van der Waals surface area (Å²) in [4.78, 5) is 18.5. The summed E-state index contributed by atoms with van der Waals surface area (Å²) in [5, 5.41) is 15.4. The summed E-state index contributed by atoms with van der Waals surface area (Å²) in [7, 11) is 0. The van der Waals surface area contributed by atoms with Crippen molar-refractivity contribution in [3.8, 4) is 0 Å². The molecule has 1 fully saturated rings. The van der Waals surface area contributed by atoms with Crippen molar-refractivity contribution >= 4 is 63.1 Å². The van der Waals surface area contributed by atoms with Gasteiger partial charge in [-0.2, -0.15) is 15.0 Å². The maximum atomic E-state index is 6.14. The van der Waals surface area contributed by atoms with E-state index in [1.165, 1.54) is 19.3 Å². The van der Waals surface area contributed by atoms with Gasteiger partial charge in [-0.15, -0.1) is 0 Å². The molecule has 0 unspecified atom stereocenters. The predicted octanol–water partition coefficient (Wildman–Crippen LogP) is 8.36. The van der Waals surface area contributed by atoms with Crippen LogP contribution in [0.4, 0.5) is 40.6 Å². The van der Waals surface area contributed by atoms with Crippen molar-refractivity contribution in [3.63, 3.8) is 0 Å². The van der Waals surface area contributed by atoms with E-state index in [-0.39, 0.29) is 0 Å². The Bertz CT molecular complexity index is 1620. The number of benzene rings is 3. The van der Waals surface area contributed by atoms with Gasteiger partial charge in [-0.25, -0.2) is 0 Å². The van der Waals surface area contributed by atoms with Gasteiger partial charge in [-0.3, -0.25) is 4.98 Å². The molecule has 0 amide bonds. The number of nitrogens with one attached hydrogen (secondary N) is 4. The van der Waals surface area contributed by atoms with E-state index in [2.05, 4.69) is 49.2 Å². The normalized spacial score (nSPS) is 13.7. The highest BCUT2D eigenvalue weighted by Crippen LogP contribution is 2.29. The van der Waals surface area contributed by atoms with E-state index in [9.17, 15) is 0 Å². The summed E-state index contributed by atoms with van der Waals surface area (Å²) in [6.07, 6.45) is 7.78. The lowest BCUT2D eigenvalue weighted by Crippen LogP contribution is -2.24. The molecular weight excluding hydrogens is 520 g/mol. The van der Waals surface area contributed by atoms with Crippen LogP contribution in [0.2, 0.25) is 5.02 Å². The highest BCUT2D eigenvalue weighted by molar-refractivity contribution is 6.31. The van der Waals surface area contributed by atoms with Crippen molar-refractivity contribution < 1.29 is 0 Å². The molecule has 3 aromatic carbocycles. The molecule has 40 heavy (non-hydrogen) atoms. The first-order valence-corrected chi connectivity index (χ1v) is 14.0. The average molecular weight is 551 g/mol. The summed E-state index contributed by atoms with van der Waals surface area (Å²) in [6, 6.07) is 24.2. The van der Waals surface area contributed by atoms with E-state index in [1.807, 2.05) is 66.7 Å². The Morgan fingerprint density at radius 1 is 0.700 bits per heavy atom. The van der Waals surface area contributed by atoms with Gasteiger partial charge in [-0.1, -0.05) is 49.1 Å². The molecule has 0 atom stereocenters. The number of rotatable bonds is 8. The van der Waals surface area contributed by atoms with Gasteiger partial charge in [0.25, 0.3) is 0 Å². The van der Waals surface area contributed by atoms with Crippen LogP contribution in [0.1, 0.15) is 37.7 Å². The zero-order chi connectivity index (χ0) is 27.3. The molecule has 1 aliphatic carbocycles. The number of aryl methyl sites for hydroxylation is 1. The zero-order valence-corrected chi connectivity index (χ0v) is 23.0. The minimum atomic E-state index is 0.376. The molecule has 1 saturated carbocycles. The van der Waals surface area contributed by atoms with Gasteiger partial charge >= 0.3 is 0 Å². The quantitative estimate of drug-likeness (QED) is 0.153. The fraction of sp³-hybridized carbons (Fsp3) is 0.226. The molecule has 0 bridgehead atoms. The Morgan fingerprint density at radius 2 is 1.40 bits per heavy atom. The van der Waals surface area contributed by atoms with Gasteiger partial charge in [0.05, 0.1) is 5.52 Å². The lowest BCUT2D eigenvalue weighted by atomic mass is 9.96. The summed E-state index contributed by atoms with van der Waals surface area (Å²) in [5.74, 6) is 1.54. The second-order valence-electron chi connectivity index (χ2n) is 10.1. The maximum Gasteiger partial charge on any atom is 0.233 e.